The molecule has 1 atom stereocenters. The quantitative estimate of drug-likeness (QED) is 0.785. The van der Waals surface area contributed by atoms with Crippen LogP contribution in [0.5, 0.6) is 11.5 Å². The zero-order valence-electron chi connectivity index (χ0n) is 14.3. The van der Waals surface area contributed by atoms with Crippen LogP contribution in [0.1, 0.15) is 25.5 Å². The van der Waals surface area contributed by atoms with Gasteiger partial charge in [-0.1, -0.05) is 19.9 Å². The predicted molar refractivity (Wildman–Crippen MR) is 96.0 cm³/mol. The third-order valence-corrected chi connectivity index (χ3v) is 4.29. The van der Waals surface area contributed by atoms with Crippen LogP contribution in [-0.4, -0.2) is 28.2 Å². The van der Waals surface area contributed by atoms with E-state index in [9.17, 15) is 0 Å². The fraction of sp³-hybridized carbons (Fsp3) is 0.316. The van der Waals surface area contributed by atoms with Crippen molar-refractivity contribution in [3.8, 4) is 11.5 Å². The lowest BCUT2D eigenvalue weighted by Crippen LogP contribution is -2.19. The molecule has 0 saturated heterocycles. The fourth-order valence-corrected chi connectivity index (χ4v) is 3.05. The summed E-state index contributed by atoms with van der Waals surface area (Å²) in [6.07, 6.45) is 3.28. The third-order valence-electron chi connectivity index (χ3n) is 4.29. The molecule has 0 bridgehead atoms. The number of pyridine rings is 1. The molecule has 0 amide bonds. The van der Waals surface area contributed by atoms with E-state index in [1.807, 2.05) is 24.3 Å². The van der Waals surface area contributed by atoms with E-state index < -0.39 is 0 Å². The number of rotatable bonds is 4. The van der Waals surface area contributed by atoms with E-state index in [1.54, 1.807) is 12.5 Å². The van der Waals surface area contributed by atoms with Crippen LogP contribution in [0, 0.1) is 5.92 Å². The molecule has 1 aliphatic rings. The molecule has 0 aliphatic carbocycles. The monoisotopic (exact) mass is 336 g/mol. The Labute approximate surface area is 146 Å². The van der Waals surface area contributed by atoms with Crippen molar-refractivity contribution in [1.29, 1.82) is 0 Å². The van der Waals surface area contributed by atoms with Gasteiger partial charge in [0, 0.05) is 6.20 Å². The van der Waals surface area contributed by atoms with Gasteiger partial charge in [-0.15, -0.1) is 0 Å². The summed E-state index contributed by atoms with van der Waals surface area (Å²) in [4.78, 5) is 12.9. The first-order valence-electron chi connectivity index (χ1n) is 8.44. The van der Waals surface area contributed by atoms with Crippen molar-refractivity contribution in [2.24, 2.45) is 5.92 Å². The molecule has 128 valence electrons. The van der Waals surface area contributed by atoms with Gasteiger partial charge in [0.2, 0.25) is 0 Å². The number of anilines is 1. The number of nitrogens with zero attached hydrogens (tertiary/aromatic N) is 3. The second-order valence-corrected chi connectivity index (χ2v) is 6.37. The largest absolute Gasteiger partial charge is 0.486 e. The van der Waals surface area contributed by atoms with Crippen LogP contribution in [0.3, 0.4) is 0 Å². The Morgan fingerprint density at radius 3 is 2.68 bits per heavy atom. The van der Waals surface area contributed by atoms with Gasteiger partial charge in [-0.25, -0.2) is 15.0 Å². The zero-order chi connectivity index (χ0) is 17.2. The Hall–Kier alpha value is -2.89. The maximum atomic E-state index is 5.73. The Morgan fingerprint density at radius 2 is 1.84 bits per heavy atom. The van der Waals surface area contributed by atoms with Gasteiger partial charge in [0.05, 0.1) is 11.4 Å². The minimum absolute atomic E-state index is 0.0779. The number of hydrogen-bond donors (Lipinski definition) is 1. The van der Waals surface area contributed by atoms with Crippen LogP contribution in [0.4, 0.5) is 5.82 Å². The number of aromatic nitrogens is 3. The standard InChI is InChI=1S/C19H20N4O2/c1-12(2)17(13-5-6-15-16(10-13)25-9-8-24-15)23-19-14-4-3-7-20-18(14)21-11-22-19/h3-7,10-12,17H,8-9H2,1-2H3,(H,20,21,22,23)/t17-/m0/s1. The van der Waals surface area contributed by atoms with Crippen LogP contribution in [0.15, 0.2) is 42.9 Å². The highest BCUT2D eigenvalue weighted by molar-refractivity contribution is 5.86. The molecular weight excluding hydrogens is 316 g/mol. The Bertz CT molecular complexity index is 892. The lowest BCUT2D eigenvalue weighted by atomic mass is 9.95. The molecule has 6 nitrogen and oxygen atoms in total. The molecule has 1 N–H and O–H groups in total. The molecular formula is C19H20N4O2. The summed E-state index contributed by atoms with van der Waals surface area (Å²) < 4.78 is 11.3. The average Bonchev–Trinajstić information content (AvgIpc) is 2.65. The molecule has 6 heteroatoms. The number of ether oxygens (including phenoxy) is 2. The van der Waals surface area contributed by atoms with E-state index >= 15 is 0 Å². The molecule has 3 heterocycles. The average molecular weight is 336 g/mol. The van der Waals surface area contributed by atoms with Crippen molar-refractivity contribution in [3.05, 3.63) is 48.4 Å². The van der Waals surface area contributed by atoms with Crippen molar-refractivity contribution in [2.75, 3.05) is 18.5 Å². The smallest absolute Gasteiger partial charge is 0.164 e. The maximum Gasteiger partial charge on any atom is 0.164 e. The molecule has 1 aliphatic heterocycles. The zero-order valence-corrected chi connectivity index (χ0v) is 14.3. The van der Waals surface area contributed by atoms with Crippen molar-refractivity contribution in [1.82, 2.24) is 15.0 Å². The Balaban J connectivity index is 1.70. The predicted octanol–water partition coefficient (Wildman–Crippen LogP) is 3.61. The molecule has 0 unspecified atom stereocenters. The van der Waals surface area contributed by atoms with E-state index in [-0.39, 0.29) is 6.04 Å². The van der Waals surface area contributed by atoms with Crippen molar-refractivity contribution >= 4 is 16.9 Å². The highest BCUT2D eigenvalue weighted by Gasteiger charge is 2.21. The van der Waals surface area contributed by atoms with Gasteiger partial charge in [0.25, 0.3) is 0 Å². The second-order valence-electron chi connectivity index (χ2n) is 6.37. The summed E-state index contributed by atoms with van der Waals surface area (Å²) in [6, 6.07) is 10.0. The summed E-state index contributed by atoms with van der Waals surface area (Å²) in [5, 5.41) is 4.47. The molecule has 3 aromatic rings. The molecule has 1 aromatic carbocycles. The van der Waals surface area contributed by atoms with Gasteiger partial charge in [-0.2, -0.15) is 0 Å². The van der Waals surface area contributed by atoms with Crippen molar-refractivity contribution in [3.63, 3.8) is 0 Å². The van der Waals surface area contributed by atoms with E-state index in [0.717, 1.165) is 28.3 Å². The fourth-order valence-electron chi connectivity index (χ4n) is 3.05. The SMILES string of the molecule is CC(C)[C@H](Nc1ncnc2ncccc12)c1ccc2c(c1)OCCO2. The highest BCUT2D eigenvalue weighted by atomic mass is 16.6. The molecule has 2 aromatic heterocycles. The molecule has 0 fully saturated rings. The van der Waals surface area contributed by atoms with E-state index in [2.05, 4.69) is 40.2 Å². The van der Waals surface area contributed by atoms with E-state index in [1.165, 1.54) is 0 Å². The summed E-state index contributed by atoms with van der Waals surface area (Å²) in [7, 11) is 0. The first-order chi connectivity index (χ1) is 12.2. The Kier molecular flexibility index (Phi) is 4.09. The van der Waals surface area contributed by atoms with Crippen LogP contribution in [-0.2, 0) is 0 Å². The number of nitrogens with one attached hydrogen (secondary N) is 1. The normalized spacial score (nSPS) is 14.5. The maximum absolute atomic E-state index is 5.73. The van der Waals surface area contributed by atoms with Gasteiger partial charge >= 0.3 is 0 Å². The lowest BCUT2D eigenvalue weighted by molar-refractivity contribution is 0.171. The Morgan fingerprint density at radius 1 is 1.00 bits per heavy atom. The van der Waals surface area contributed by atoms with Crippen LogP contribution in [0.25, 0.3) is 11.0 Å². The summed E-state index contributed by atoms with van der Waals surface area (Å²) in [6.45, 7) is 5.53. The highest BCUT2D eigenvalue weighted by Crippen LogP contribution is 2.36. The first kappa shape index (κ1) is 15.6. The van der Waals surface area contributed by atoms with Gasteiger partial charge in [-0.05, 0) is 35.7 Å². The molecule has 0 saturated carbocycles. The topological polar surface area (TPSA) is 69.2 Å². The van der Waals surface area contributed by atoms with Gasteiger partial charge in [0.15, 0.2) is 17.1 Å². The van der Waals surface area contributed by atoms with Gasteiger partial charge in [-0.3, -0.25) is 0 Å². The van der Waals surface area contributed by atoms with Gasteiger partial charge < -0.3 is 14.8 Å². The summed E-state index contributed by atoms with van der Waals surface area (Å²) >= 11 is 0. The first-order valence-corrected chi connectivity index (χ1v) is 8.44. The summed E-state index contributed by atoms with van der Waals surface area (Å²) in [5.41, 5.74) is 1.82. The minimum atomic E-state index is 0.0779. The molecule has 0 radical (unpaired) electrons. The summed E-state index contributed by atoms with van der Waals surface area (Å²) in [5.74, 6) is 2.73. The molecule has 0 spiro atoms. The van der Waals surface area contributed by atoms with Crippen LogP contribution >= 0.6 is 0 Å². The second kappa shape index (κ2) is 6.55. The van der Waals surface area contributed by atoms with E-state index in [4.69, 9.17) is 9.47 Å². The number of hydrogen-bond acceptors (Lipinski definition) is 6. The third kappa shape index (κ3) is 3.07. The molecule has 4 rings (SSSR count). The molecule has 25 heavy (non-hydrogen) atoms. The lowest BCUT2D eigenvalue weighted by Gasteiger charge is -2.26. The minimum Gasteiger partial charge on any atom is -0.486 e. The number of benzene rings is 1. The van der Waals surface area contributed by atoms with Crippen LogP contribution < -0.4 is 14.8 Å². The van der Waals surface area contributed by atoms with Crippen LogP contribution in [0.2, 0.25) is 0 Å². The van der Waals surface area contributed by atoms with E-state index in [0.29, 0.717) is 24.8 Å². The number of fused-ring (bicyclic) bond motifs is 2. The van der Waals surface area contributed by atoms with Gasteiger partial charge in [0.1, 0.15) is 25.4 Å². The van der Waals surface area contributed by atoms with Crippen molar-refractivity contribution in [2.45, 2.75) is 19.9 Å². The van der Waals surface area contributed by atoms with Crippen molar-refractivity contribution < 1.29 is 9.47 Å².